The molecular formula is C9H13N3O3S2. The minimum atomic E-state index is -0.321. The first-order chi connectivity index (χ1) is 8.02. The summed E-state index contributed by atoms with van der Waals surface area (Å²) in [6, 6.07) is 0. The molecule has 0 bridgehead atoms. The van der Waals surface area contributed by atoms with Crippen molar-refractivity contribution in [3.05, 3.63) is 0 Å². The van der Waals surface area contributed by atoms with Crippen LogP contribution in [0.3, 0.4) is 0 Å². The fraction of sp³-hybridized carbons (Fsp3) is 0.556. The number of nitrogens with one attached hydrogen (secondary N) is 1. The van der Waals surface area contributed by atoms with E-state index < -0.39 is 0 Å². The summed E-state index contributed by atoms with van der Waals surface area (Å²) in [5, 5.41) is 10.7. The minimum Gasteiger partial charge on any atom is -0.468 e. The molecule has 0 radical (unpaired) electrons. The Hall–Kier alpha value is -1.15. The van der Waals surface area contributed by atoms with Crippen molar-refractivity contribution < 1.29 is 14.3 Å². The van der Waals surface area contributed by atoms with E-state index in [1.54, 1.807) is 13.8 Å². The number of hydrogen-bond acceptors (Lipinski definition) is 7. The summed E-state index contributed by atoms with van der Waals surface area (Å²) in [5.74, 6) is -0.350. The van der Waals surface area contributed by atoms with Crippen molar-refractivity contribution in [2.75, 3.05) is 18.2 Å². The van der Waals surface area contributed by atoms with Crippen molar-refractivity contribution in [1.82, 2.24) is 10.2 Å². The van der Waals surface area contributed by atoms with E-state index in [0.29, 0.717) is 9.47 Å². The van der Waals surface area contributed by atoms with Crippen LogP contribution in [0.15, 0.2) is 4.34 Å². The molecule has 0 aliphatic heterocycles. The van der Waals surface area contributed by atoms with Gasteiger partial charge in [-0.2, -0.15) is 0 Å². The number of ether oxygens (including phenoxy) is 1. The minimum absolute atomic E-state index is 0.106. The molecule has 1 aromatic rings. The molecule has 1 amide bonds. The zero-order valence-electron chi connectivity index (χ0n) is 9.72. The number of thioether (sulfide) groups is 1. The molecule has 1 rings (SSSR count). The molecule has 8 heteroatoms. The molecule has 1 heterocycles. The molecule has 0 saturated carbocycles. The van der Waals surface area contributed by atoms with Crippen LogP contribution in [0.4, 0.5) is 5.13 Å². The van der Waals surface area contributed by atoms with Gasteiger partial charge in [0.2, 0.25) is 11.0 Å². The molecule has 0 spiro atoms. The molecule has 0 aliphatic carbocycles. The average molecular weight is 275 g/mol. The standard InChI is InChI=1S/C9H13N3O3S2/c1-5(2)7(14)10-8-11-12-9(17-8)16-4-6(13)15-3/h5H,4H2,1-3H3,(H,10,11,14). The van der Waals surface area contributed by atoms with Crippen LogP contribution in [-0.2, 0) is 14.3 Å². The van der Waals surface area contributed by atoms with Crippen molar-refractivity contribution in [2.24, 2.45) is 5.92 Å². The maximum absolute atomic E-state index is 11.4. The Bertz CT molecular complexity index is 406. The normalized spacial score (nSPS) is 10.4. The fourth-order valence-corrected chi connectivity index (χ4v) is 2.34. The third kappa shape index (κ3) is 4.70. The van der Waals surface area contributed by atoms with Gasteiger partial charge in [-0.15, -0.1) is 10.2 Å². The van der Waals surface area contributed by atoms with Crippen molar-refractivity contribution in [2.45, 2.75) is 18.2 Å². The van der Waals surface area contributed by atoms with Crippen LogP contribution in [0.5, 0.6) is 0 Å². The van der Waals surface area contributed by atoms with E-state index in [0.717, 1.165) is 0 Å². The lowest BCUT2D eigenvalue weighted by molar-refractivity contribution is -0.137. The first-order valence-electron chi connectivity index (χ1n) is 4.87. The monoisotopic (exact) mass is 275 g/mol. The van der Waals surface area contributed by atoms with Gasteiger partial charge in [-0.3, -0.25) is 9.59 Å². The van der Waals surface area contributed by atoms with E-state index in [1.165, 1.54) is 30.2 Å². The van der Waals surface area contributed by atoms with E-state index in [4.69, 9.17) is 0 Å². The number of methoxy groups -OCH3 is 1. The Morgan fingerprint density at radius 3 is 2.76 bits per heavy atom. The van der Waals surface area contributed by atoms with Gasteiger partial charge < -0.3 is 10.1 Å². The van der Waals surface area contributed by atoms with Crippen LogP contribution < -0.4 is 5.32 Å². The van der Waals surface area contributed by atoms with Crippen LogP contribution >= 0.6 is 23.1 Å². The van der Waals surface area contributed by atoms with Gasteiger partial charge in [-0.1, -0.05) is 36.9 Å². The number of carbonyl (C=O) groups is 2. The Morgan fingerprint density at radius 2 is 2.18 bits per heavy atom. The molecule has 0 aliphatic rings. The first-order valence-corrected chi connectivity index (χ1v) is 6.67. The van der Waals surface area contributed by atoms with Crippen molar-refractivity contribution in [1.29, 1.82) is 0 Å². The first kappa shape index (κ1) is 13.9. The lowest BCUT2D eigenvalue weighted by atomic mass is 10.2. The Labute approximate surface area is 107 Å². The summed E-state index contributed by atoms with van der Waals surface area (Å²) in [7, 11) is 1.33. The Morgan fingerprint density at radius 1 is 1.47 bits per heavy atom. The van der Waals surface area contributed by atoms with Crippen LogP contribution in [0.2, 0.25) is 0 Å². The van der Waals surface area contributed by atoms with Crippen LogP contribution in [0.1, 0.15) is 13.8 Å². The lowest BCUT2D eigenvalue weighted by Crippen LogP contribution is -2.17. The molecule has 17 heavy (non-hydrogen) atoms. The van der Waals surface area contributed by atoms with Gasteiger partial charge in [-0.05, 0) is 0 Å². The number of anilines is 1. The second-order valence-corrected chi connectivity index (χ2v) is 5.58. The van der Waals surface area contributed by atoms with Gasteiger partial charge in [0.1, 0.15) is 0 Å². The molecule has 1 N–H and O–H groups in total. The number of nitrogens with zero attached hydrogens (tertiary/aromatic N) is 2. The maximum Gasteiger partial charge on any atom is 0.316 e. The molecule has 0 saturated heterocycles. The van der Waals surface area contributed by atoms with Gasteiger partial charge in [0, 0.05) is 5.92 Å². The molecular weight excluding hydrogens is 262 g/mol. The number of carbonyl (C=O) groups excluding carboxylic acids is 2. The number of esters is 1. The molecule has 1 aromatic heterocycles. The molecule has 94 valence electrons. The highest BCUT2D eigenvalue weighted by atomic mass is 32.2. The van der Waals surface area contributed by atoms with Gasteiger partial charge >= 0.3 is 5.97 Å². The number of hydrogen-bond donors (Lipinski definition) is 1. The smallest absolute Gasteiger partial charge is 0.316 e. The summed E-state index contributed by atoms with van der Waals surface area (Å²) in [6.45, 7) is 3.59. The number of rotatable bonds is 5. The Balaban J connectivity index is 2.48. The average Bonchev–Trinajstić information content (AvgIpc) is 2.73. The van der Waals surface area contributed by atoms with Gasteiger partial charge in [0.25, 0.3) is 0 Å². The highest BCUT2D eigenvalue weighted by Crippen LogP contribution is 2.25. The SMILES string of the molecule is COC(=O)CSc1nnc(NC(=O)C(C)C)s1. The summed E-state index contributed by atoms with van der Waals surface area (Å²) in [5.41, 5.74) is 0. The van der Waals surface area contributed by atoms with Crippen LogP contribution in [0.25, 0.3) is 0 Å². The summed E-state index contributed by atoms with van der Waals surface area (Å²) in [4.78, 5) is 22.3. The number of amides is 1. The highest BCUT2D eigenvalue weighted by Gasteiger charge is 2.12. The third-order valence-corrected chi connectivity index (χ3v) is 3.65. The van der Waals surface area contributed by atoms with E-state index in [2.05, 4.69) is 20.3 Å². The molecule has 0 aromatic carbocycles. The van der Waals surface area contributed by atoms with Crippen LogP contribution in [0, 0.1) is 5.92 Å². The molecule has 6 nitrogen and oxygen atoms in total. The van der Waals surface area contributed by atoms with Crippen molar-refractivity contribution >= 4 is 40.1 Å². The van der Waals surface area contributed by atoms with Gasteiger partial charge in [0.05, 0.1) is 12.9 Å². The zero-order chi connectivity index (χ0) is 12.8. The highest BCUT2D eigenvalue weighted by molar-refractivity contribution is 8.01. The number of aromatic nitrogens is 2. The quantitative estimate of drug-likeness (QED) is 0.497. The van der Waals surface area contributed by atoms with Crippen LogP contribution in [-0.4, -0.2) is 34.9 Å². The second-order valence-electron chi connectivity index (χ2n) is 3.38. The topological polar surface area (TPSA) is 81.2 Å². The summed E-state index contributed by atoms with van der Waals surface area (Å²) >= 11 is 2.46. The van der Waals surface area contributed by atoms with E-state index in [-0.39, 0.29) is 23.5 Å². The van der Waals surface area contributed by atoms with E-state index in [1.807, 2.05) is 0 Å². The zero-order valence-corrected chi connectivity index (χ0v) is 11.4. The third-order valence-electron chi connectivity index (χ3n) is 1.70. The lowest BCUT2D eigenvalue weighted by Gasteiger charge is -2.02. The van der Waals surface area contributed by atoms with Gasteiger partial charge in [-0.25, -0.2) is 0 Å². The maximum atomic E-state index is 11.4. The second kappa shape index (κ2) is 6.55. The summed E-state index contributed by atoms with van der Waals surface area (Å²) < 4.78 is 5.12. The van der Waals surface area contributed by atoms with Crippen molar-refractivity contribution in [3.63, 3.8) is 0 Å². The predicted octanol–water partition coefficient (Wildman–Crippen LogP) is 1.40. The molecule has 0 unspecified atom stereocenters. The Kier molecular flexibility index (Phi) is 5.36. The van der Waals surface area contributed by atoms with Crippen molar-refractivity contribution in [3.8, 4) is 0 Å². The summed E-state index contributed by atoms with van der Waals surface area (Å²) in [6.07, 6.45) is 0. The molecule has 0 atom stereocenters. The van der Waals surface area contributed by atoms with E-state index in [9.17, 15) is 9.59 Å². The van der Waals surface area contributed by atoms with Gasteiger partial charge in [0.15, 0.2) is 4.34 Å². The fourth-order valence-electron chi connectivity index (χ4n) is 0.748. The predicted molar refractivity (Wildman–Crippen MR) is 66.1 cm³/mol. The van der Waals surface area contributed by atoms with E-state index >= 15 is 0 Å². The largest absolute Gasteiger partial charge is 0.468 e. The molecule has 0 fully saturated rings.